The average molecular weight is 339 g/mol. The summed E-state index contributed by atoms with van der Waals surface area (Å²) in [6.45, 7) is 2.17. The number of hydrogen-bond acceptors (Lipinski definition) is 7. The molecule has 0 radical (unpaired) electrons. The van der Waals surface area contributed by atoms with Gasteiger partial charge in [-0.3, -0.25) is 4.79 Å². The standard InChI is InChI=1S/C14H17N3O5S/c1-9-5-6-17(13(9)14(18)21-2)23(19,20)8-10-3-4-11-12(7-10)16-22-15-11/h3-4,7,9,13H,5-6,8H2,1-2H3. The zero-order valence-electron chi connectivity index (χ0n) is 12.8. The Balaban J connectivity index is 1.86. The van der Waals surface area contributed by atoms with Crippen LogP contribution in [0.2, 0.25) is 0 Å². The van der Waals surface area contributed by atoms with Crippen LogP contribution in [0.3, 0.4) is 0 Å². The van der Waals surface area contributed by atoms with Crippen LogP contribution in [0.1, 0.15) is 18.9 Å². The fourth-order valence-corrected chi connectivity index (χ4v) is 4.70. The van der Waals surface area contributed by atoms with Gasteiger partial charge >= 0.3 is 5.97 Å². The van der Waals surface area contributed by atoms with Crippen LogP contribution < -0.4 is 0 Å². The molecule has 2 unspecified atom stereocenters. The van der Waals surface area contributed by atoms with E-state index in [-0.39, 0.29) is 11.7 Å². The van der Waals surface area contributed by atoms with E-state index >= 15 is 0 Å². The molecule has 0 spiro atoms. The van der Waals surface area contributed by atoms with Crippen LogP contribution >= 0.6 is 0 Å². The lowest BCUT2D eigenvalue weighted by molar-refractivity contribution is -0.145. The topological polar surface area (TPSA) is 103 Å². The number of carbonyl (C=O) groups excluding carboxylic acids is 1. The lowest BCUT2D eigenvalue weighted by Gasteiger charge is -2.24. The molecule has 9 heteroatoms. The van der Waals surface area contributed by atoms with Crippen LogP contribution in [-0.4, -0.2) is 48.7 Å². The molecule has 1 aromatic carbocycles. The molecule has 124 valence electrons. The van der Waals surface area contributed by atoms with E-state index in [1.54, 1.807) is 18.2 Å². The molecule has 2 atom stereocenters. The van der Waals surface area contributed by atoms with E-state index in [0.29, 0.717) is 29.6 Å². The zero-order chi connectivity index (χ0) is 16.6. The number of esters is 1. The molecular weight excluding hydrogens is 322 g/mol. The van der Waals surface area contributed by atoms with Crippen LogP contribution in [0.15, 0.2) is 22.8 Å². The van der Waals surface area contributed by atoms with Crippen molar-refractivity contribution in [2.45, 2.75) is 25.1 Å². The fourth-order valence-electron chi connectivity index (χ4n) is 2.91. The Bertz CT molecular complexity index is 832. The Labute approximate surface area is 133 Å². The van der Waals surface area contributed by atoms with Crippen molar-refractivity contribution < 1.29 is 22.6 Å². The second kappa shape index (κ2) is 5.89. The highest BCUT2D eigenvalue weighted by Gasteiger charge is 2.43. The van der Waals surface area contributed by atoms with Crippen molar-refractivity contribution in [3.63, 3.8) is 0 Å². The van der Waals surface area contributed by atoms with Gasteiger partial charge in [-0.25, -0.2) is 13.0 Å². The summed E-state index contributed by atoms with van der Waals surface area (Å²) < 4.78 is 36.0. The summed E-state index contributed by atoms with van der Waals surface area (Å²) in [4.78, 5) is 11.9. The van der Waals surface area contributed by atoms with E-state index in [0.717, 1.165) is 0 Å². The number of ether oxygens (including phenoxy) is 1. The van der Waals surface area contributed by atoms with E-state index in [2.05, 4.69) is 14.9 Å². The second-order valence-corrected chi connectivity index (χ2v) is 7.61. The largest absolute Gasteiger partial charge is 0.468 e. The summed E-state index contributed by atoms with van der Waals surface area (Å²) in [5.74, 6) is -0.801. The number of nitrogens with zero attached hydrogens (tertiary/aromatic N) is 3. The maximum absolute atomic E-state index is 12.7. The SMILES string of the molecule is COC(=O)C1C(C)CCN1S(=O)(=O)Cc1ccc2nonc2c1. The van der Waals surface area contributed by atoms with E-state index in [1.165, 1.54) is 11.4 Å². The molecule has 1 aliphatic heterocycles. The highest BCUT2D eigenvalue weighted by molar-refractivity contribution is 7.88. The Morgan fingerprint density at radius 2 is 2.13 bits per heavy atom. The lowest BCUT2D eigenvalue weighted by atomic mass is 10.0. The Morgan fingerprint density at radius 3 is 2.87 bits per heavy atom. The van der Waals surface area contributed by atoms with Crippen molar-refractivity contribution in [2.24, 2.45) is 5.92 Å². The highest BCUT2D eigenvalue weighted by Crippen LogP contribution is 2.29. The van der Waals surface area contributed by atoms with Crippen LogP contribution in [0, 0.1) is 5.92 Å². The van der Waals surface area contributed by atoms with Gasteiger partial charge in [-0.05, 0) is 40.3 Å². The summed E-state index contributed by atoms with van der Waals surface area (Å²) in [5, 5.41) is 7.39. The molecule has 1 saturated heterocycles. The van der Waals surface area contributed by atoms with Gasteiger partial charge in [-0.2, -0.15) is 4.31 Å². The lowest BCUT2D eigenvalue weighted by Crippen LogP contribution is -2.43. The molecule has 0 bridgehead atoms. The van der Waals surface area contributed by atoms with Gasteiger partial charge in [0.15, 0.2) is 0 Å². The number of carbonyl (C=O) groups is 1. The predicted molar refractivity (Wildman–Crippen MR) is 80.7 cm³/mol. The molecule has 8 nitrogen and oxygen atoms in total. The predicted octanol–water partition coefficient (Wildman–Crippen LogP) is 0.936. The van der Waals surface area contributed by atoms with Crippen molar-refractivity contribution in [3.8, 4) is 0 Å². The van der Waals surface area contributed by atoms with Crippen LogP contribution in [0.4, 0.5) is 0 Å². The monoisotopic (exact) mass is 339 g/mol. The second-order valence-electron chi connectivity index (χ2n) is 5.69. The van der Waals surface area contributed by atoms with Crippen LogP contribution in [-0.2, 0) is 25.3 Å². The summed E-state index contributed by atoms with van der Waals surface area (Å²) in [6.07, 6.45) is 0.630. The maximum atomic E-state index is 12.7. The number of aromatic nitrogens is 2. The summed E-state index contributed by atoms with van der Waals surface area (Å²) in [6, 6.07) is 4.18. The Kier molecular flexibility index (Phi) is 4.07. The minimum absolute atomic E-state index is 0.0700. The first-order valence-corrected chi connectivity index (χ1v) is 8.82. The average Bonchev–Trinajstić information content (AvgIpc) is 3.12. The Hall–Kier alpha value is -2.00. The van der Waals surface area contributed by atoms with Crippen molar-refractivity contribution in [1.29, 1.82) is 0 Å². The van der Waals surface area contributed by atoms with Crippen LogP contribution in [0.25, 0.3) is 11.0 Å². The number of fused-ring (bicyclic) bond motifs is 1. The molecule has 1 fully saturated rings. The van der Waals surface area contributed by atoms with Gasteiger partial charge in [-0.1, -0.05) is 13.0 Å². The molecule has 1 aromatic heterocycles. The third kappa shape index (κ3) is 2.93. The molecule has 0 aliphatic carbocycles. The Morgan fingerprint density at radius 1 is 1.39 bits per heavy atom. The summed E-state index contributed by atoms with van der Waals surface area (Å²) in [7, 11) is -2.38. The van der Waals surface area contributed by atoms with Gasteiger partial charge in [0.1, 0.15) is 17.1 Å². The van der Waals surface area contributed by atoms with Crippen molar-refractivity contribution in [2.75, 3.05) is 13.7 Å². The smallest absolute Gasteiger partial charge is 0.324 e. The normalized spacial score (nSPS) is 22.5. The van der Waals surface area contributed by atoms with Crippen molar-refractivity contribution in [1.82, 2.24) is 14.6 Å². The molecular formula is C14H17N3O5S. The van der Waals surface area contributed by atoms with Gasteiger partial charge in [0.05, 0.1) is 12.9 Å². The van der Waals surface area contributed by atoms with Gasteiger partial charge in [0, 0.05) is 6.54 Å². The third-order valence-electron chi connectivity index (χ3n) is 4.12. The molecule has 2 heterocycles. The fraction of sp³-hybridized carbons (Fsp3) is 0.500. The number of rotatable bonds is 4. The van der Waals surface area contributed by atoms with Crippen molar-refractivity contribution in [3.05, 3.63) is 23.8 Å². The van der Waals surface area contributed by atoms with E-state index in [1.807, 2.05) is 6.92 Å². The first kappa shape index (κ1) is 15.9. The molecule has 0 saturated carbocycles. The summed E-state index contributed by atoms with van der Waals surface area (Å²) in [5.41, 5.74) is 1.63. The van der Waals surface area contributed by atoms with E-state index < -0.39 is 22.0 Å². The van der Waals surface area contributed by atoms with Crippen LogP contribution in [0.5, 0.6) is 0 Å². The highest BCUT2D eigenvalue weighted by atomic mass is 32.2. The maximum Gasteiger partial charge on any atom is 0.324 e. The van der Waals surface area contributed by atoms with E-state index in [9.17, 15) is 13.2 Å². The first-order valence-electron chi connectivity index (χ1n) is 7.21. The number of benzene rings is 1. The molecule has 1 aliphatic rings. The molecule has 2 aromatic rings. The minimum Gasteiger partial charge on any atom is -0.468 e. The van der Waals surface area contributed by atoms with Gasteiger partial charge in [-0.15, -0.1) is 0 Å². The molecule has 0 N–H and O–H groups in total. The van der Waals surface area contributed by atoms with Crippen molar-refractivity contribution >= 4 is 27.0 Å². The number of methoxy groups -OCH3 is 1. The number of hydrogen-bond donors (Lipinski definition) is 0. The van der Waals surface area contributed by atoms with Gasteiger partial charge in [0.2, 0.25) is 10.0 Å². The quantitative estimate of drug-likeness (QED) is 0.764. The third-order valence-corrected chi connectivity index (χ3v) is 5.94. The summed E-state index contributed by atoms with van der Waals surface area (Å²) >= 11 is 0. The minimum atomic E-state index is -3.65. The molecule has 3 rings (SSSR count). The van der Waals surface area contributed by atoms with Gasteiger partial charge < -0.3 is 4.74 Å². The zero-order valence-corrected chi connectivity index (χ0v) is 13.6. The molecule has 0 amide bonds. The van der Waals surface area contributed by atoms with Gasteiger partial charge in [0.25, 0.3) is 0 Å². The van der Waals surface area contributed by atoms with E-state index in [4.69, 9.17) is 4.74 Å². The first-order chi connectivity index (χ1) is 10.9. The molecule has 23 heavy (non-hydrogen) atoms. The number of sulfonamides is 1.